The number of methoxy groups -OCH3 is 1. The second kappa shape index (κ2) is 6.73. The second-order valence-corrected chi connectivity index (χ2v) is 4.65. The Hall–Kier alpha value is -2.58. The third-order valence-electron chi connectivity index (χ3n) is 3.09. The fourth-order valence-corrected chi connectivity index (χ4v) is 2.10. The number of aryl methyl sites for hydroxylation is 1. The minimum atomic E-state index is -0.282. The van der Waals surface area contributed by atoms with Crippen molar-refractivity contribution in [1.82, 2.24) is 9.88 Å². The number of nitrogens with one attached hydrogen (secondary N) is 1. The summed E-state index contributed by atoms with van der Waals surface area (Å²) >= 11 is 0. The van der Waals surface area contributed by atoms with E-state index in [1.54, 1.807) is 23.9 Å². The maximum absolute atomic E-state index is 12.3. The van der Waals surface area contributed by atoms with Gasteiger partial charge in [0, 0.05) is 25.5 Å². The summed E-state index contributed by atoms with van der Waals surface area (Å²) < 4.78 is 6.64. The Morgan fingerprint density at radius 1 is 1.43 bits per heavy atom. The number of carbonyl (C=O) groups is 1. The maximum atomic E-state index is 12.3. The maximum Gasteiger partial charge on any atom is 0.269 e. The predicted molar refractivity (Wildman–Crippen MR) is 79.4 cm³/mol. The molecule has 0 saturated heterocycles. The van der Waals surface area contributed by atoms with Crippen LogP contribution in [0.25, 0.3) is 5.69 Å². The van der Waals surface area contributed by atoms with Gasteiger partial charge in [0.15, 0.2) is 0 Å². The first-order valence-corrected chi connectivity index (χ1v) is 6.63. The van der Waals surface area contributed by atoms with E-state index >= 15 is 0 Å². The van der Waals surface area contributed by atoms with Gasteiger partial charge in [-0.3, -0.25) is 4.79 Å². The van der Waals surface area contributed by atoms with E-state index in [0.717, 1.165) is 11.3 Å². The van der Waals surface area contributed by atoms with E-state index in [0.29, 0.717) is 24.4 Å². The number of nitrogens with zero attached hydrogens (tertiary/aromatic N) is 2. The smallest absolute Gasteiger partial charge is 0.269 e. The standard InChI is InChI=1S/C16H17N3O2/c1-12-4-3-5-14(10-12)19-8-6-13(11-17)15(19)16(20)18-7-9-21-2/h3-6,8,10H,7,9H2,1-2H3,(H,18,20). The number of carbonyl (C=O) groups excluding carboxylic acids is 1. The Kier molecular flexibility index (Phi) is 4.75. The molecule has 5 heteroatoms. The number of hydrogen-bond donors (Lipinski definition) is 1. The minimum Gasteiger partial charge on any atom is -0.383 e. The van der Waals surface area contributed by atoms with E-state index in [4.69, 9.17) is 4.74 Å². The van der Waals surface area contributed by atoms with Crippen molar-refractivity contribution >= 4 is 5.91 Å². The molecule has 1 amide bonds. The summed E-state index contributed by atoms with van der Waals surface area (Å²) in [5, 5.41) is 11.9. The van der Waals surface area contributed by atoms with Crippen LogP contribution in [-0.4, -0.2) is 30.7 Å². The van der Waals surface area contributed by atoms with Gasteiger partial charge in [-0.1, -0.05) is 12.1 Å². The summed E-state index contributed by atoms with van der Waals surface area (Å²) in [7, 11) is 1.57. The largest absolute Gasteiger partial charge is 0.383 e. The van der Waals surface area contributed by atoms with Crippen molar-refractivity contribution in [2.45, 2.75) is 6.92 Å². The van der Waals surface area contributed by atoms with Gasteiger partial charge >= 0.3 is 0 Å². The molecule has 21 heavy (non-hydrogen) atoms. The van der Waals surface area contributed by atoms with E-state index < -0.39 is 0 Å². The Balaban J connectivity index is 2.38. The highest BCUT2D eigenvalue weighted by atomic mass is 16.5. The van der Waals surface area contributed by atoms with Crippen molar-refractivity contribution in [2.24, 2.45) is 0 Å². The molecule has 2 aromatic rings. The Labute approximate surface area is 123 Å². The van der Waals surface area contributed by atoms with Crippen LogP contribution in [0.3, 0.4) is 0 Å². The molecule has 0 bridgehead atoms. The van der Waals surface area contributed by atoms with Crippen molar-refractivity contribution in [1.29, 1.82) is 5.26 Å². The van der Waals surface area contributed by atoms with E-state index in [-0.39, 0.29) is 5.91 Å². The molecule has 2 rings (SSSR count). The molecule has 1 N–H and O–H groups in total. The lowest BCUT2D eigenvalue weighted by Gasteiger charge is -2.11. The third kappa shape index (κ3) is 3.30. The molecule has 0 unspecified atom stereocenters. The van der Waals surface area contributed by atoms with Gasteiger partial charge in [-0.2, -0.15) is 5.26 Å². The highest BCUT2D eigenvalue weighted by Gasteiger charge is 2.17. The normalized spacial score (nSPS) is 10.1. The molecule has 0 aliphatic heterocycles. The number of nitriles is 1. The van der Waals surface area contributed by atoms with Crippen molar-refractivity contribution in [2.75, 3.05) is 20.3 Å². The average molecular weight is 283 g/mol. The average Bonchev–Trinajstić information content (AvgIpc) is 2.91. The number of rotatable bonds is 5. The molecule has 0 aliphatic rings. The fourth-order valence-electron chi connectivity index (χ4n) is 2.10. The summed E-state index contributed by atoms with van der Waals surface area (Å²) in [4.78, 5) is 12.3. The zero-order chi connectivity index (χ0) is 15.2. The molecule has 0 atom stereocenters. The summed E-state index contributed by atoms with van der Waals surface area (Å²) in [5.74, 6) is -0.282. The molecule has 1 aromatic carbocycles. The first-order chi connectivity index (χ1) is 10.2. The highest BCUT2D eigenvalue weighted by molar-refractivity contribution is 5.95. The number of amides is 1. The first kappa shape index (κ1) is 14.8. The number of hydrogen-bond acceptors (Lipinski definition) is 3. The van der Waals surface area contributed by atoms with Gasteiger partial charge < -0.3 is 14.6 Å². The van der Waals surface area contributed by atoms with Crippen molar-refractivity contribution in [3.05, 3.63) is 53.3 Å². The van der Waals surface area contributed by atoms with Gasteiger partial charge in [0.2, 0.25) is 0 Å². The van der Waals surface area contributed by atoms with E-state index in [1.165, 1.54) is 0 Å². The fraction of sp³-hybridized carbons (Fsp3) is 0.250. The topological polar surface area (TPSA) is 67.0 Å². The van der Waals surface area contributed by atoms with Gasteiger partial charge in [0.1, 0.15) is 11.8 Å². The first-order valence-electron chi connectivity index (χ1n) is 6.63. The van der Waals surface area contributed by atoms with Gasteiger partial charge in [0.25, 0.3) is 5.91 Å². The summed E-state index contributed by atoms with van der Waals surface area (Å²) in [6.07, 6.45) is 1.73. The molecule has 0 fully saturated rings. The lowest BCUT2D eigenvalue weighted by Crippen LogP contribution is -2.29. The zero-order valence-electron chi connectivity index (χ0n) is 12.1. The zero-order valence-corrected chi connectivity index (χ0v) is 12.1. The van der Waals surface area contributed by atoms with Gasteiger partial charge in [-0.25, -0.2) is 0 Å². The van der Waals surface area contributed by atoms with Crippen molar-refractivity contribution < 1.29 is 9.53 Å². The lowest BCUT2D eigenvalue weighted by molar-refractivity contribution is 0.0930. The molecule has 0 spiro atoms. The number of aromatic nitrogens is 1. The minimum absolute atomic E-state index is 0.282. The van der Waals surface area contributed by atoms with Crippen LogP contribution >= 0.6 is 0 Å². The van der Waals surface area contributed by atoms with Gasteiger partial charge in [-0.15, -0.1) is 0 Å². The van der Waals surface area contributed by atoms with Crippen LogP contribution in [0.1, 0.15) is 21.6 Å². The van der Waals surface area contributed by atoms with Crippen molar-refractivity contribution in [3.8, 4) is 11.8 Å². The van der Waals surface area contributed by atoms with Crippen LogP contribution in [0.5, 0.6) is 0 Å². The summed E-state index contributed by atoms with van der Waals surface area (Å²) in [6, 6.07) is 11.5. The summed E-state index contributed by atoms with van der Waals surface area (Å²) in [5.41, 5.74) is 2.64. The SMILES string of the molecule is COCCNC(=O)c1c(C#N)ccn1-c1cccc(C)c1. The van der Waals surface area contributed by atoms with Gasteiger partial charge in [0.05, 0.1) is 12.2 Å². The second-order valence-electron chi connectivity index (χ2n) is 4.65. The van der Waals surface area contributed by atoms with Crippen LogP contribution in [0.4, 0.5) is 0 Å². The van der Waals surface area contributed by atoms with E-state index in [2.05, 4.69) is 11.4 Å². The van der Waals surface area contributed by atoms with Crippen LogP contribution in [0, 0.1) is 18.3 Å². The number of ether oxygens (including phenoxy) is 1. The van der Waals surface area contributed by atoms with Crippen LogP contribution in [0.15, 0.2) is 36.5 Å². The van der Waals surface area contributed by atoms with Crippen LogP contribution in [-0.2, 0) is 4.74 Å². The molecule has 5 nitrogen and oxygen atoms in total. The van der Waals surface area contributed by atoms with E-state index in [1.807, 2.05) is 31.2 Å². The monoisotopic (exact) mass is 283 g/mol. The third-order valence-corrected chi connectivity index (χ3v) is 3.09. The molecular weight excluding hydrogens is 266 g/mol. The molecular formula is C16H17N3O2. The quantitative estimate of drug-likeness (QED) is 0.854. The molecule has 108 valence electrons. The van der Waals surface area contributed by atoms with Gasteiger partial charge in [-0.05, 0) is 30.7 Å². The Bertz CT molecular complexity index is 683. The Morgan fingerprint density at radius 3 is 2.90 bits per heavy atom. The molecule has 0 radical (unpaired) electrons. The Morgan fingerprint density at radius 2 is 2.24 bits per heavy atom. The summed E-state index contributed by atoms with van der Waals surface area (Å²) in [6.45, 7) is 2.81. The van der Waals surface area contributed by atoms with Crippen LogP contribution in [0.2, 0.25) is 0 Å². The molecule has 0 saturated carbocycles. The van der Waals surface area contributed by atoms with Crippen molar-refractivity contribution in [3.63, 3.8) is 0 Å². The highest BCUT2D eigenvalue weighted by Crippen LogP contribution is 2.18. The van der Waals surface area contributed by atoms with Crippen LogP contribution < -0.4 is 5.32 Å². The lowest BCUT2D eigenvalue weighted by atomic mass is 10.2. The molecule has 1 aromatic heterocycles. The molecule has 1 heterocycles. The number of benzene rings is 1. The van der Waals surface area contributed by atoms with E-state index in [9.17, 15) is 10.1 Å². The predicted octanol–water partition coefficient (Wildman–Crippen LogP) is 2.03. The molecule has 0 aliphatic carbocycles.